The Labute approximate surface area is 215 Å². The predicted octanol–water partition coefficient (Wildman–Crippen LogP) is 6.73. The van der Waals surface area contributed by atoms with Crippen molar-refractivity contribution in [2.24, 2.45) is 5.92 Å². The first-order valence-electron chi connectivity index (χ1n) is 14.0. The lowest BCUT2D eigenvalue weighted by atomic mass is 9.80. The number of hydrogen-bond acceptors (Lipinski definition) is 6. The van der Waals surface area contributed by atoms with Crippen LogP contribution >= 0.6 is 0 Å². The van der Waals surface area contributed by atoms with Gasteiger partial charge in [-0.1, -0.05) is 48.5 Å². The van der Waals surface area contributed by atoms with E-state index in [1.165, 1.54) is 0 Å². The number of nitriles is 1. The summed E-state index contributed by atoms with van der Waals surface area (Å²) in [6, 6.07) is 2.29. The van der Waals surface area contributed by atoms with Crippen LogP contribution in [0.15, 0.2) is 0 Å². The molecule has 3 aliphatic rings. The van der Waals surface area contributed by atoms with Crippen molar-refractivity contribution in [3.63, 3.8) is 0 Å². The highest BCUT2D eigenvalue weighted by atomic mass is 28.4. The van der Waals surface area contributed by atoms with Crippen molar-refractivity contribution in [3.8, 4) is 6.07 Å². The highest BCUT2D eigenvalue weighted by Crippen LogP contribution is 2.47. The molecule has 202 valence electrons. The fourth-order valence-corrected chi connectivity index (χ4v) is 12.8. The van der Waals surface area contributed by atoms with E-state index in [2.05, 4.69) is 61.5 Å². The Balaban J connectivity index is 1.66. The molecule has 3 fully saturated rings. The highest BCUT2D eigenvalue weighted by Gasteiger charge is 2.56. The maximum absolute atomic E-state index is 9.43. The fraction of sp³-hybridized carbons (Fsp3) is 0.964. The Morgan fingerprint density at radius 1 is 0.971 bits per heavy atom. The zero-order valence-corrected chi connectivity index (χ0v) is 24.9. The van der Waals surface area contributed by atoms with Gasteiger partial charge >= 0.3 is 0 Å². The number of nitrogens with zero attached hydrogens (tertiary/aromatic N) is 1. The lowest BCUT2D eigenvalue weighted by molar-refractivity contribution is -0.242. The van der Waals surface area contributed by atoms with Crippen LogP contribution in [-0.4, -0.2) is 56.8 Å². The van der Waals surface area contributed by atoms with Crippen LogP contribution in [0.2, 0.25) is 16.6 Å². The second kappa shape index (κ2) is 11.1. The van der Waals surface area contributed by atoms with Gasteiger partial charge in [-0.2, -0.15) is 5.26 Å². The molecule has 3 heterocycles. The van der Waals surface area contributed by atoms with E-state index in [0.29, 0.717) is 29.0 Å². The van der Waals surface area contributed by atoms with Gasteiger partial charge in [0, 0.05) is 13.0 Å². The van der Waals surface area contributed by atoms with Crippen LogP contribution in [0.3, 0.4) is 0 Å². The van der Waals surface area contributed by atoms with Gasteiger partial charge in [0.1, 0.15) is 6.10 Å². The van der Waals surface area contributed by atoms with Crippen molar-refractivity contribution in [3.05, 3.63) is 0 Å². The van der Waals surface area contributed by atoms with Crippen LogP contribution in [0.1, 0.15) is 101 Å². The quantitative estimate of drug-likeness (QED) is 0.253. The predicted molar refractivity (Wildman–Crippen MR) is 141 cm³/mol. The van der Waals surface area contributed by atoms with Gasteiger partial charge in [0.15, 0.2) is 14.1 Å². The van der Waals surface area contributed by atoms with E-state index < -0.39 is 19.7 Å². The largest absolute Gasteiger partial charge is 0.416 e. The van der Waals surface area contributed by atoms with Gasteiger partial charge in [-0.05, 0) is 62.6 Å². The summed E-state index contributed by atoms with van der Waals surface area (Å²) in [5, 5.41) is 9.43. The monoisotopic (exact) mass is 509 g/mol. The first-order valence-corrected chi connectivity index (χ1v) is 16.1. The van der Waals surface area contributed by atoms with E-state index in [4.69, 9.17) is 23.4 Å². The Morgan fingerprint density at radius 3 is 2.17 bits per heavy atom. The van der Waals surface area contributed by atoms with Crippen molar-refractivity contribution >= 4 is 8.32 Å². The minimum absolute atomic E-state index is 0.0628. The molecule has 3 saturated heterocycles. The van der Waals surface area contributed by atoms with Crippen molar-refractivity contribution in [2.45, 2.75) is 160 Å². The minimum Gasteiger partial charge on any atom is -0.416 e. The van der Waals surface area contributed by atoms with Gasteiger partial charge in [0.05, 0.1) is 42.5 Å². The molecule has 0 aliphatic carbocycles. The molecule has 7 heteroatoms. The van der Waals surface area contributed by atoms with E-state index in [1.54, 1.807) is 0 Å². The van der Waals surface area contributed by atoms with E-state index in [9.17, 15) is 5.26 Å². The topological polar surface area (TPSA) is 69.9 Å². The van der Waals surface area contributed by atoms with Crippen LogP contribution < -0.4 is 0 Å². The first-order chi connectivity index (χ1) is 16.3. The molecule has 3 rings (SSSR count). The number of ether oxygens (including phenoxy) is 4. The third kappa shape index (κ3) is 5.99. The molecule has 0 aromatic heterocycles. The van der Waals surface area contributed by atoms with Gasteiger partial charge < -0.3 is 23.4 Å². The SMILES string of the molecule is CC(C)[Si](OCCC[C@@H]1O[C@]2(C)C[C@@H]3OC(C)(C)O[C@@H]3[C@@H](CC#N)O[C@H]2C[C@@H]1C)(C(C)C)C(C)C. The lowest BCUT2D eigenvalue weighted by Crippen LogP contribution is -2.54. The summed E-state index contributed by atoms with van der Waals surface area (Å²) in [5.74, 6) is -0.289. The minimum atomic E-state index is -1.84. The molecule has 0 aromatic rings. The van der Waals surface area contributed by atoms with Crippen LogP contribution in [-0.2, 0) is 23.4 Å². The molecule has 0 amide bonds. The summed E-state index contributed by atoms with van der Waals surface area (Å²) in [7, 11) is -1.84. The Bertz CT molecular complexity index is 728. The summed E-state index contributed by atoms with van der Waals surface area (Å²) < 4.78 is 32.7. The number of fused-ring (bicyclic) bond motifs is 2. The number of rotatable bonds is 9. The molecule has 0 aromatic carbocycles. The molecule has 0 bridgehead atoms. The van der Waals surface area contributed by atoms with E-state index >= 15 is 0 Å². The zero-order chi connectivity index (χ0) is 26.2. The Hall–Kier alpha value is -0.493. The van der Waals surface area contributed by atoms with Gasteiger partial charge in [-0.25, -0.2) is 0 Å². The highest BCUT2D eigenvalue weighted by molar-refractivity contribution is 6.77. The molecule has 7 atom stereocenters. The fourth-order valence-electron chi connectivity index (χ4n) is 7.31. The summed E-state index contributed by atoms with van der Waals surface area (Å²) in [4.78, 5) is 0. The standard InChI is InChI=1S/C28H51NO5Si/c1-18(2)35(19(3)4,20(5)6)30-15-11-12-22-21(7)16-25-28(10,33-22)17-24-26(23(31-25)13-14-29)34-27(8,9)32-24/h18-26H,11-13,15-17H2,1-10H3/t21-,22-,23+,24-,25-,26+,28+/m0/s1. The third-order valence-corrected chi connectivity index (χ3v) is 15.0. The van der Waals surface area contributed by atoms with Crippen LogP contribution in [0.25, 0.3) is 0 Å². The lowest BCUT2D eigenvalue weighted by Gasteiger charge is -2.47. The van der Waals surface area contributed by atoms with Gasteiger partial charge in [0.2, 0.25) is 0 Å². The van der Waals surface area contributed by atoms with Crippen molar-refractivity contribution in [1.29, 1.82) is 5.26 Å². The average Bonchev–Trinajstić information content (AvgIpc) is 2.98. The van der Waals surface area contributed by atoms with Crippen LogP contribution in [0.5, 0.6) is 0 Å². The molecule has 0 N–H and O–H groups in total. The molecule has 0 unspecified atom stereocenters. The Morgan fingerprint density at radius 2 is 1.60 bits per heavy atom. The Kier molecular flexibility index (Phi) is 9.21. The zero-order valence-electron chi connectivity index (χ0n) is 23.9. The van der Waals surface area contributed by atoms with E-state index in [-0.39, 0.29) is 30.5 Å². The summed E-state index contributed by atoms with van der Waals surface area (Å²) in [6.07, 6.45) is 3.38. The van der Waals surface area contributed by atoms with Crippen molar-refractivity contribution in [1.82, 2.24) is 0 Å². The summed E-state index contributed by atoms with van der Waals surface area (Å²) in [5.41, 5.74) is 1.34. The molecule has 0 spiro atoms. The normalized spacial score (nSPS) is 37.3. The van der Waals surface area contributed by atoms with E-state index in [1.807, 2.05) is 13.8 Å². The van der Waals surface area contributed by atoms with Crippen LogP contribution in [0, 0.1) is 17.2 Å². The van der Waals surface area contributed by atoms with Gasteiger partial charge in [-0.15, -0.1) is 0 Å². The molecule has 6 nitrogen and oxygen atoms in total. The number of hydrogen-bond donors (Lipinski definition) is 0. The first kappa shape index (κ1) is 29.1. The maximum Gasteiger partial charge on any atom is 0.200 e. The molecule has 35 heavy (non-hydrogen) atoms. The van der Waals surface area contributed by atoms with E-state index in [0.717, 1.165) is 32.3 Å². The molecular weight excluding hydrogens is 458 g/mol. The van der Waals surface area contributed by atoms with Gasteiger partial charge in [0.25, 0.3) is 0 Å². The van der Waals surface area contributed by atoms with Crippen molar-refractivity contribution in [2.75, 3.05) is 6.61 Å². The van der Waals surface area contributed by atoms with Crippen molar-refractivity contribution < 1.29 is 23.4 Å². The second-order valence-corrected chi connectivity index (χ2v) is 18.3. The third-order valence-electron chi connectivity index (χ3n) is 8.84. The smallest absolute Gasteiger partial charge is 0.200 e. The molecular formula is C28H51NO5Si. The summed E-state index contributed by atoms with van der Waals surface area (Å²) >= 11 is 0. The molecule has 3 aliphatic heterocycles. The second-order valence-electron chi connectivity index (χ2n) is 12.9. The van der Waals surface area contributed by atoms with Crippen LogP contribution in [0.4, 0.5) is 0 Å². The average molecular weight is 510 g/mol. The molecule has 0 radical (unpaired) electrons. The summed E-state index contributed by atoms with van der Waals surface area (Å²) in [6.45, 7) is 23.2. The molecule has 0 saturated carbocycles. The maximum atomic E-state index is 9.43. The van der Waals surface area contributed by atoms with Gasteiger partial charge in [-0.3, -0.25) is 0 Å².